The van der Waals surface area contributed by atoms with Gasteiger partial charge in [0.15, 0.2) is 0 Å². The van der Waals surface area contributed by atoms with Gasteiger partial charge in [0.2, 0.25) is 0 Å². The van der Waals surface area contributed by atoms with Crippen molar-refractivity contribution in [2.24, 2.45) is 0 Å². The summed E-state index contributed by atoms with van der Waals surface area (Å²) >= 11 is 5.68. The number of rotatable bonds is 11. The van der Waals surface area contributed by atoms with Crippen molar-refractivity contribution in [1.82, 2.24) is 10.6 Å². The fourth-order valence-corrected chi connectivity index (χ4v) is 7.23. The van der Waals surface area contributed by atoms with Gasteiger partial charge >= 0.3 is 0 Å². The highest BCUT2D eigenvalue weighted by molar-refractivity contribution is 14.1. The second-order valence-electron chi connectivity index (χ2n) is 6.34. The average Bonchev–Trinajstić information content (AvgIpc) is 2.74. The molecule has 1 aromatic rings. The van der Waals surface area contributed by atoms with Gasteiger partial charge in [-0.15, -0.1) is 0 Å². The lowest BCUT2D eigenvalue weighted by Gasteiger charge is -2.24. The number of nitrogens with one attached hydrogen (secondary N) is 3. The lowest BCUT2D eigenvalue weighted by Crippen LogP contribution is -2.48. The molecule has 0 aliphatic rings. The monoisotopic (exact) mass is 779 g/mol. The molecule has 0 fully saturated rings. The van der Waals surface area contributed by atoms with Crippen LogP contribution in [-0.4, -0.2) is 100 Å². The normalized spacial score (nSPS) is 15.0. The summed E-state index contributed by atoms with van der Waals surface area (Å²) in [5.74, 6) is -1.37. The minimum absolute atomic E-state index is 0.1000. The molecule has 0 bridgehead atoms. The number of halogens is 3. The summed E-state index contributed by atoms with van der Waals surface area (Å²) in [7, 11) is 1.61. The van der Waals surface area contributed by atoms with Gasteiger partial charge in [0.1, 0.15) is 0 Å². The number of anilines is 1. The van der Waals surface area contributed by atoms with Gasteiger partial charge < -0.3 is 46.6 Å². The van der Waals surface area contributed by atoms with E-state index in [1.165, 1.54) is 0 Å². The van der Waals surface area contributed by atoms with Crippen molar-refractivity contribution in [3.05, 3.63) is 21.8 Å². The number of aliphatic hydroxyl groups excluding tert-OH is 6. The van der Waals surface area contributed by atoms with E-state index in [1.54, 1.807) is 7.05 Å². The average molecular weight is 779 g/mol. The first-order chi connectivity index (χ1) is 14.6. The quantitative estimate of drug-likeness (QED) is 0.120. The summed E-state index contributed by atoms with van der Waals surface area (Å²) in [6.07, 6.45) is -2.77. The van der Waals surface area contributed by atoms with Crippen LogP contribution in [0.15, 0.2) is 0 Å². The molecule has 2 amide bonds. The standard InChI is InChI=1S/C17H24I3N3O8/c1-21-15-13(19)10(16(30)22-6(2-24)8(28)4-26)12(18)11(14(15)20)17(31)23-7(3-25)9(29)5-27/h6-9,21,24-29H,2-5H2,1H3,(H,22,30)(H,23,31). The zero-order chi connectivity index (χ0) is 23.9. The molecule has 11 nitrogen and oxygen atoms in total. The molecule has 9 N–H and O–H groups in total. The van der Waals surface area contributed by atoms with E-state index in [0.717, 1.165) is 0 Å². The smallest absolute Gasteiger partial charge is 0.253 e. The van der Waals surface area contributed by atoms with E-state index >= 15 is 0 Å². The Morgan fingerprint density at radius 2 is 1.10 bits per heavy atom. The number of carbonyl (C=O) groups is 2. The lowest BCUT2D eigenvalue weighted by atomic mass is 10.1. The van der Waals surface area contributed by atoms with Gasteiger partial charge in [-0.05, 0) is 67.8 Å². The first-order valence-electron chi connectivity index (χ1n) is 8.88. The number of amides is 2. The molecule has 1 rings (SSSR count). The largest absolute Gasteiger partial charge is 0.394 e. The Labute approximate surface area is 219 Å². The van der Waals surface area contributed by atoms with Crippen molar-refractivity contribution in [1.29, 1.82) is 0 Å². The Morgan fingerprint density at radius 1 is 0.742 bits per heavy atom. The molecule has 0 saturated carbocycles. The van der Waals surface area contributed by atoms with Crippen LogP contribution in [0.1, 0.15) is 20.7 Å². The third-order valence-corrected chi connectivity index (χ3v) is 7.59. The van der Waals surface area contributed by atoms with Crippen LogP contribution >= 0.6 is 67.8 Å². The predicted molar refractivity (Wildman–Crippen MR) is 137 cm³/mol. The van der Waals surface area contributed by atoms with Gasteiger partial charge in [-0.2, -0.15) is 0 Å². The highest BCUT2D eigenvalue weighted by atomic mass is 127. The first kappa shape index (κ1) is 28.9. The molecule has 4 atom stereocenters. The molecule has 0 heterocycles. The molecular weight excluding hydrogens is 755 g/mol. The van der Waals surface area contributed by atoms with E-state index in [-0.39, 0.29) is 14.7 Å². The van der Waals surface area contributed by atoms with Crippen molar-refractivity contribution < 1.29 is 40.2 Å². The number of carbonyl (C=O) groups excluding carboxylic acids is 2. The zero-order valence-electron chi connectivity index (χ0n) is 16.3. The maximum atomic E-state index is 13.0. The third kappa shape index (κ3) is 6.95. The molecule has 0 saturated heterocycles. The first-order valence-corrected chi connectivity index (χ1v) is 12.1. The molecule has 0 radical (unpaired) electrons. The van der Waals surface area contributed by atoms with E-state index in [4.69, 9.17) is 10.2 Å². The molecule has 4 unspecified atom stereocenters. The highest BCUT2D eigenvalue weighted by Crippen LogP contribution is 2.35. The van der Waals surface area contributed by atoms with Gasteiger partial charge in [0, 0.05) is 10.6 Å². The second-order valence-corrected chi connectivity index (χ2v) is 9.58. The van der Waals surface area contributed by atoms with E-state index in [2.05, 4.69) is 16.0 Å². The number of hydrogen-bond donors (Lipinski definition) is 9. The van der Waals surface area contributed by atoms with Crippen molar-refractivity contribution >= 4 is 85.3 Å². The fourth-order valence-electron chi connectivity index (χ4n) is 2.54. The third-order valence-electron chi connectivity index (χ3n) is 4.35. The maximum Gasteiger partial charge on any atom is 0.253 e. The topological polar surface area (TPSA) is 192 Å². The van der Waals surface area contributed by atoms with E-state index in [9.17, 15) is 30.0 Å². The fraction of sp³-hybridized carbons (Fsp3) is 0.529. The van der Waals surface area contributed by atoms with E-state index in [1.807, 2.05) is 67.8 Å². The summed E-state index contributed by atoms with van der Waals surface area (Å²) in [5.41, 5.74) is 0.675. The van der Waals surface area contributed by atoms with Crippen molar-refractivity contribution in [3.8, 4) is 0 Å². The van der Waals surface area contributed by atoms with E-state index < -0.39 is 62.5 Å². The van der Waals surface area contributed by atoms with Crippen LogP contribution in [0.5, 0.6) is 0 Å². The van der Waals surface area contributed by atoms with Crippen molar-refractivity contribution in [2.75, 3.05) is 38.8 Å². The van der Waals surface area contributed by atoms with Gasteiger partial charge in [0.05, 0.1) is 74.7 Å². The molecule has 0 aromatic heterocycles. The van der Waals surface area contributed by atoms with E-state index in [0.29, 0.717) is 12.8 Å². The molecule has 176 valence electrons. The van der Waals surface area contributed by atoms with Crippen LogP contribution in [0.3, 0.4) is 0 Å². The molecule has 31 heavy (non-hydrogen) atoms. The Kier molecular flexibility index (Phi) is 12.7. The SMILES string of the molecule is CNc1c(I)c(C(=O)NC(CO)C(O)CO)c(I)c(C(=O)NC(CO)C(O)CO)c1I. The summed E-state index contributed by atoms with van der Waals surface area (Å²) in [6, 6.07) is -2.26. The van der Waals surface area contributed by atoms with Gasteiger partial charge in [-0.25, -0.2) is 0 Å². The highest BCUT2D eigenvalue weighted by Gasteiger charge is 2.31. The Bertz CT molecular complexity index is 739. The van der Waals surface area contributed by atoms with Crippen LogP contribution in [0.25, 0.3) is 0 Å². The maximum absolute atomic E-state index is 13.0. The van der Waals surface area contributed by atoms with Crippen LogP contribution in [0, 0.1) is 10.7 Å². The molecule has 1 aromatic carbocycles. The molecule has 0 aliphatic carbocycles. The summed E-state index contributed by atoms with van der Waals surface area (Å²) in [4.78, 5) is 25.9. The molecule has 0 aliphatic heterocycles. The summed E-state index contributed by atoms with van der Waals surface area (Å²) in [5, 5.41) is 64.4. The van der Waals surface area contributed by atoms with Crippen LogP contribution < -0.4 is 16.0 Å². The van der Waals surface area contributed by atoms with Crippen LogP contribution in [-0.2, 0) is 0 Å². The van der Waals surface area contributed by atoms with Crippen molar-refractivity contribution in [3.63, 3.8) is 0 Å². The minimum Gasteiger partial charge on any atom is -0.394 e. The van der Waals surface area contributed by atoms with Crippen LogP contribution in [0.4, 0.5) is 5.69 Å². The Morgan fingerprint density at radius 3 is 1.35 bits per heavy atom. The predicted octanol–water partition coefficient (Wildman–Crippen LogP) is -1.57. The van der Waals surface area contributed by atoms with Crippen molar-refractivity contribution in [2.45, 2.75) is 24.3 Å². The number of aliphatic hydroxyl groups is 6. The summed E-state index contributed by atoms with van der Waals surface area (Å²) < 4.78 is 1.21. The van der Waals surface area contributed by atoms with Crippen LogP contribution in [0.2, 0.25) is 0 Å². The number of benzene rings is 1. The summed E-state index contributed by atoms with van der Waals surface area (Å²) in [6.45, 7) is -2.57. The second kappa shape index (κ2) is 13.6. The Hall–Kier alpha value is -0.0900. The minimum atomic E-state index is -1.38. The molecule has 0 spiro atoms. The van der Waals surface area contributed by atoms with Gasteiger partial charge in [0.25, 0.3) is 11.8 Å². The Balaban J connectivity index is 3.49. The van der Waals surface area contributed by atoms with Gasteiger partial charge in [-0.3, -0.25) is 9.59 Å². The molecular formula is C17H24I3N3O8. The molecule has 14 heteroatoms. The number of hydrogen-bond acceptors (Lipinski definition) is 9. The van der Waals surface area contributed by atoms with Gasteiger partial charge in [-0.1, -0.05) is 0 Å². The zero-order valence-corrected chi connectivity index (χ0v) is 22.7. The lowest BCUT2D eigenvalue weighted by molar-refractivity contribution is 0.0386.